The first-order chi connectivity index (χ1) is 24.6. The maximum atomic E-state index is 13.0. The number of anilines is 1. The monoisotopic (exact) mass is 781 g/mol. The zero-order valence-corrected chi connectivity index (χ0v) is 33.1. The van der Waals surface area contributed by atoms with E-state index in [-0.39, 0.29) is 34.3 Å². The lowest BCUT2D eigenvalue weighted by Gasteiger charge is -2.34. The van der Waals surface area contributed by atoms with Crippen molar-refractivity contribution >= 4 is 64.0 Å². The van der Waals surface area contributed by atoms with Gasteiger partial charge in [-0.05, 0) is 73.2 Å². The van der Waals surface area contributed by atoms with Crippen LogP contribution in [0.25, 0.3) is 0 Å². The third-order valence-corrected chi connectivity index (χ3v) is 10.2. The fourth-order valence-corrected chi connectivity index (χ4v) is 6.71. The van der Waals surface area contributed by atoms with Crippen molar-refractivity contribution in [1.29, 1.82) is 0 Å². The van der Waals surface area contributed by atoms with Crippen molar-refractivity contribution in [1.82, 2.24) is 0 Å². The number of aryl methyl sites for hydroxylation is 2. The summed E-state index contributed by atoms with van der Waals surface area (Å²) in [5, 5.41) is 0.510. The Balaban J connectivity index is 1.93. The molecule has 0 saturated carbocycles. The Hall–Kier alpha value is -2.52. The summed E-state index contributed by atoms with van der Waals surface area (Å²) in [7, 11) is 3.01. The van der Waals surface area contributed by atoms with Crippen molar-refractivity contribution < 1.29 is 28.5 Å². The Morgan fingerprint density at radius 1 is 0.627 bits per heavy atom. The molecule has 7 nitrogen and oxygen atoms in total. The number of hydrogen-bond donors (Lipinski definition) is 0. The molecule has 0 radical (unpaired) electrons. The van der Waals surface area contributed by atoms with E-state index in [1.807, 2.05) is 4.90 Å². The molecule has 11 heteroatoms. The number of methoxy groups -OCH3 is 2. The molecule has 3 aromatic rings. The summed E-state index contributed by atoms with van der Waals surface area (Å²) in [5.74, 6) is -1.34. The van der Waals surface area contributed by atoms with Crippen LogP contribution in [0.3, 0.4) is 0 Å². The largest absolute Gasteiger partial charge is 0.439 e. The number of alkyl halides is 2. The summed E-state index contributed by atoms with van der Waals surface area (Å²) in [5.41, 5.74) is 1.56. The number of halogens is 4. The molecular formula is C40H51Cl4NO6. The first-order valence-corrected chi connectivity index (χ1v) is 19.4. The summed E-state index contributed by atoms with van der Waals surface area (Å²) in [4.78, 5) is 28.0. The molecule has 0 heterocycles. The van der Waals surface area contributed by atoms with E-state index in [1.54, 1.807) is 48.5 Å². The van der Waals surface area contributed by atoms with E-state index in [0.29, 0.717) is 0 Å². The molecule has 0 aromatic heterocycles. The molecule has 4 atom stereocenters. The molecule has 0 spiro atoms. The molecule has 3 aromatic carbocycles. The van der Waals surface area contributed by atoms with E-state index in [9.17, 15) is 9.59 Å². The van der Waals surface area contributed by atoms with Gasteiger partial charge in [0.15, 0.2) is 0 Å². The Labute approximate surface area is 323 Å². The van der Waals surface area contributed by atoms with Crippen LogP contribution in [-0.4, -0.2) is 62.6 Å². The molecule has 0 fully saturated rings. The van der Waals surface area contributed by atoms with Crippen LogP contribution in [0.1, 0.15) is 97.1 Å². The summed E-state index contributed by atoms with van der Waals surface area (Å²) < 4.78 is 22.9. The lowest BCUT2D eigenvalue weighted by Crippen LogP contribution is -2.46. The smallest absolute Gasteiger partial charge is 0.341 e. The van der Waals surface area contributed by atoms with Crippen LogP contribution in [0.5, 0.6) is 0 Å². The Kier molecular flexibility index (Phi) is 19.5. The van der Waals surface area contributed by atoms with Gasteiger partial charge in [0.2, 0.25) is 11.1 Å². The Morgan fingerprint density at radius 3 is 1.51 bits per heavy atom. The molecule has 0 N–H and O–H groups in total. The molecule has 3 rings (SSSR count). The standard InChI is InChI=1S/C40H51Cl4NO6/c1-5-7-9-11-17-28-23-24-30(25-29(28)18-12-10-8-6-2)45(26-35(48-3)37(43)50-39(46)31-19-13-15-21-33(31)41)27-36(49-4)38(44)51-40(47)32-20-14-16-22-34(32)42/h13-16,19-25,35-38H,5-12,17-18,26-27H2,1-4H3. The molecule has 0 aliphatic rings. The molecular weight excluding hydrogens is 732 g/mol. The zero-order valence-electron chi connectivity index (χ0n) is 30.1. The number of unbranched alkanes of at least 4 members (excludes halogenated alkanes) is 6. The van der Waals surface area contributed by atoms with Crippen LogP contribution >= 0.6 is 46.4 Å². The van der Waals surface area contributed by atoms with Gasteiger partial charge in [0.05, 0.1) is 21.2 Å². The van der Waals surface area contributed by atoms with E-state index >= 15 is 0 Å². The first kappa shape index (κ1) is 42.9. The van der Waals surface area contributed by atoms with Gasteiger partial charge in [0.25, 0.3) is 0 Å². The van der Waals surface area contributed by atoms with Gasteiger partial charge < -0.3 is 23.8 Å². The number of ether oxygens (including phenoxy) is 4. The van der Waals surface area contributed by atoms with Crippen LogP contribution in [0, 0.1) is 0 Å². The highest BCUT2D eigenvalue weighted by molar-refractivity contribution is 6.34. The highest BCUT2D eigenvalue weighted by Crippen LogP contribution is 2.28. The third kappa shape index (κ3) is 13.8. The van der Waals surface area contributed by atoms with Crippen LogP contribution < -0.4 is 4.90 Å². The average Bonchev–Trinajstić information content (AvgIpc) is 3.12. The number of carbonyl (C=O) groups excluding carboxylic acids is 2. The summed E-state index contributed by atoms with van der Waals surface area (Å²) in [6, 6.07) is 19.7. The minimum absolute atomic E-state index is 0.188. The molecule has 0 saturated heterocycles. The topological polar surface area (TPSA) is 74.3 Å². The highest BCUT2D eigenvalue weighted by atomic mass is 35.5. The molecule has 0 bridgehead atoms. The van der Waals surface area contributed by atoms with Gasteiger partial charge >= 0.3 is 11.9 Å². The first-order valence-electron chi connectivity index (χ1n) is 17.7. The number of rotatable bonds is 23. The van der Waals surface area contributed by atoms with Gasteiger partial charge in [-0.25, -0.2) is 9.59 Å². The maximum Gasteiger partial charge on any atom is 0.341 e. The van der Waals surface area contributed by atoms with Gasteiger partial charge in [-0.15, -0.1) is 0 Å². The second kappa shape index (κ2) is 23.2. The van der Waals surface area contributed by atoms with Crippen LogP contribution in [-0.2, 0) is 31.8 Å². The van der Waals surface area contributed by atoms with Gasteiger partial charge in [0, 0.05) is 33.0 Å². The average molecular weight is 784 g/mol. The predicted octanol–water partition coefficient (Wildman–Crippen LogP) is 10.9. The molecule has 0 aliphatic heterocycles. The number of carbonyl (C=O) groups is 2. The van der Waals surface area contributed by atoms with Gasteiger partial charge in [-0.3, -0.25) is 0 Å². The van der Waals surface area contributed by atoms with Crippen molar-refractivity contribution in [3.8, 4) is 0 Å². The molecule has 0 aliphatic carbocycles. The summed E-state index contributed by atoms with van der Waals surface area (Å²) in [6.45, 7) is 4.80. The summed E-state index contributed by atoms with van der Waals surface area (Å²) >= 11 is 25.9. The molecule has 51 heavy (non-hydrogen) atoms. The normalized spacial score (nSPS) is 13.6. The SMILES string of the molecule is CCCCCCc1ccc(N(CC(OC)C(Cl)OC(=O)c2ccccc2Cl)CC(OC)C(Cl)OC(=O)c2ccccc2Cl)cc1CCCCCC. The quantitative estimate of drug-likeness (QED) is 0.0539. The highest BCUT2D eigenvalue weighted by Gasteiger charge is 2.31. The number of hydrogen-bond acceptors (Lipinski definition) is 7. The van der Waals surface area contributed by atoms with E-state index in [1.165, 1.54) is 51.0 Å². The van der Waals surface area contributed by atoms with Crippen LogP contribution in [0.4, 0.5) is 5.69 Å². The van der Waals surface area contributed by atoms with Crippen LogP contribution in [0.15, 0.2) is 66.7 Å². The second-order valence-corrected chi connectivity index (χ2v) is 14.2. The Bertz CT molecular complexity index is 1430. The molecule has 280 valence electrons. The summed E-state index contributed by atoms with van der Waals surface area (Å²) in [6.07, 6.45) is 9.73. The number of esters is 2. The molecule has 4 unspecified atom stereocenters. The minimum atomic E-state index is -1.17. The lowest BCUT2D eigenvalue weighted by molar-refractivity contribution is -0.00939. The van der Waals surface area contributed by atoms with Crippen molar-refractivity contribution in [2.75, 3.05) is 32.2 Å². The number of nitrogens with zero attached hydrogens (tertiary/aromatic N) is 1. The van der Waals surface area contributed by atoms with Gasteiger partial charge in [-0.1, -0.05) is 129 Å². The lowest BCUT2D eigenvalue weighted by atomic mass is 9.95. The zero-order chi connectivity index (χ0) is 37.2. The van der Waals surface area contributed by atoms with E-state index in [4.69, 9.17) is 65.4 Å². The van der Waals surface area contributed by atoms with Crippen molar-refractivity contribution in [3.63, 3.8) is 0 Å². The van der Waals surface area contributed by atoms with Crippen molar-refractivity contribution in [3.05, 3.63) is 99.0 Å². The van der Waals surface area contributed by atoms with E-state index < -0.39 is 35.3 Å². The minimum Gasteiger partial charge on any atom is -0.439 e. The number of benzene rings is 3. The van der Waals surface area contributed by atoms with E-state index in [0.717, 1.165) is 44.2 Å². The van der Waals surface area contributed by atoms with Crippen LogP contribution in [0.2, 0.25) is 10.0 Å². The fraction of sp³-hybridized carbons (Fsp3) is 0.500. The molecule has 0 amide bonds. The maximum absolute atomic E-state index is 13.0. The predicted molar refractivity (Wildman–Crippen MR) is 209 cm³/mol. The van der Waals surface area contributed by atoms with Crippen molar-refractivity contribution in [2.24, 2.45) is 0 Å². The second-order valence-electron chi connectivity index (χ2n) is 12.5. The van der Waals surface area contributed by atoms with Crippen molar-refractivity contribution in [2.45, 2.75) is 101 Å². The van der Waals surface area contributed by atoms with Gasteiger partial charge in [-0.2, -0.15) is 0 Å². The van der Waals surface area contributed by atoms with Gasteiger partial charge in [0.1, 0.15) is 12.2 Å². The Morgan fingerprint density at radius 2 is 1.08 bits per heavy atom. The fourth-order valence-electron chi connectivity index (χ4n) is 5.76. The third-order valence-electron chi connectivity index (χ3n) is 8.77. The van der Waals surface area contributed by atoms with E-state index in [2.05, 4.69) is 32.0 Å².